The molecule has 0 aromatic heterocycles. The number of likely N-dealkylation sites (tertiary alicyclic amines) is 1. The van der Waals surface area contributed by atoms with Crippen LogP contribution in [-0.2, 0) is 4.74 Å². The molecule has 1 heterocycles. The average molecular weight is 460 g/mol. The minimum absolute atomic E-state index is 0. The van der Waals surface area contributed by atoms with Crippen LogP contribution in [0.5, 0.6) is 0 Å². The lowest BCUT2D eigenvalue weighted by Gasteiger charge is -2.29. The maximum atomic E-state index is 5.08. The molecule has 1 aliphatic rings. The van der Waals surface area contributed by atoms with E-state index in [2.05, 4.69) is 51.7 Å². The van der Waals surface area contributed by atoms with Crippen molar-refractivity contribution in [2.45, 2.75) is 32.2 Å². The van der Waals surface area contributed by atoms with Crippen molar-refractivity contribution in [3.63, 3.8) is 0 Å². The Kier molecular flexibility index (Phi) is 11.1. The lowest BCUT2D eigenvalue weighted by atomic mass is 10.0. The number of methoxy groups -OCH3 is 1. The Labute approximate surface area is 169 Å². The number of hydrogen-bond acceptors (Lipinski definition) is 3. The first-order valence-electron chi connectivity index (χ1n) is 8.98. The monoisotopic (exact) mass is 460 g/mol. The molecule has 0 aliphatic carbocycles. The van der Waals surface area contributed by atoms with Crippen LogP contribution >= 0.6 is 24.0 Å². The highest BCUT2D eigenvalue weighted by Gasteiger charge is 2.23. The zero-order valence-electron chi connectivity index (χ0n) is 15.8. The Morgan fingerprint density at radius 3 is 2.48 bits per heavy atom. The van der Waals surface area contributed by atoms with E-state index < -0.39 is 0 Å². The number of hydrogen-bond donors (Lipinski definition) is 2. The van der Waals surface area contributed by atoms with Gasteiger partial charge in [-0.05, 0) is 44.8 Å². The van der Waals surface area contributed by atoms with E-state index in [-0.39, 0.29) is 24.0 Å². The predicted molar refractivity (Wildman–Crippen MR) is 116 cm³/mol. The minimum atomic E-state index is 0. The second kappa shape index (κ2) is 12.5. The summed E-state index contributed by atoms with van der Waals surface area (Å²) >= 11 is 0. The summed E-state index contributed by atoms with van der Waals surface area (Å²) in [6, 6.07) is 9.32. The molecular weight excluding hydrogens is 427 g/mol. The highest BCUT2D eigenvalue weighted by atomic mass is 127. The van der Waals surface area contributed by atoms with Crippen molar-refractivity contribution in [1.29, 1.82) is 0 Å². The van der Waals surface area contributed by atoms with Crippen LogP contribution in [0, 0.1) is 6.92 Å². The number of rotatable bonds is 8. The maximum Gasteiger partial charge on any atom is 0.191 e. The zero-order valence-corrected chi connectivity index (χ0v) is 18.1. The third-order valence-corrected chi connectivity index (χ3v) is 4.55. The molecule has 1 aromatic rings. The number of ether oxygens (including phenoxy) is 1. The summed E-state index contributed by atoms with van der Waals surface area (Å²) in [7, 11) is 3.55. The van der Waals surface area contributed by atoms with Gasteiger partial charge in [0.05, 0.1) is 6.04 Å². The Balaban J connectivity index is 0.00000312. The third kappa shape index (κ3) is 7.50. The number of aryl methyl sites for hydroxylation is 1. The highest BCUT2D eigenvalue weighted by Crippen LogP contribution is 2.24. The van der Waals surface area contributed by atoms with E-state index in [0.29, 0.717) is 6.04 Å². The smallest absolute Gasteiger partial charge is 0.191 e. The highest BCUT2D eigenvalue weighted by molar-refractivity contribution is 14.0. The Bertz CT molecular complexity index is 501. The number of nitrogens with one attached hydrogen (secondary N) is 2. The second-order valence-corrected chi connectivity index (χ2v) is 6.40. The van der Waals surface area contributed by atoms with Crippen LogP contribution in [0.25, 0.3) is 0 Å². The number of guanidine groups is 1. The summed E-state index contributed by atoms with van der Waals surface area (Å²) in [4.78, 5) is 6.91. The molecule has 25 heavy (non-hydrogen) atoms. The molecule has 2 N–H and O–H groups in total. The summed E-state index contributed by atoms with van der Waals surface area (Å²) in [6.07, 6.45) is 3.57. The molecule has 0 saturated carbocycles. The first kappa shape index (κ1) is 22.2. The Morgan fingerprint density at radius 1 is 1.20 bits per heavy atom. The first-order chi connectivity index (χ1) is 11.7. The van der Waals surface area contributed by atoms with Crippen LogP contribution in [0.3, 0.4) is 0 Å². The topological polar surface area (TPSA) is 48.9 Å². The standard InChI is InChI=1S/C19H32N4O.HI/c1-16-7-9-17(10-8-16)18(23-12-4-5-13-23)15-22-19(20-2)21-11-6-14-24-3;/h7-10,18H,4-6,11-15H2,1-3H3,(H2,20,21,22);1H. The SMILES string of the molecule is CN=C(NCCCOC)NCC(c1ccc(C)cc1)N1CCCC1.I. The molecule has 1 saturated heterocycles. The fourth-order valence-corrected chi connectivity index (χ4v) is 3.14. The fraction of sp³-hybridized carbons (Fsp3) is 0.632. The lowest BCUT2D eigenvalue weighted by Crippen LogP contribution is -2.43. The molecule has 142 valence electrons. The van der Waals surface area contributed by atoms with Crippen molar-refractivity contribution >= 4 is 29.9 Å². The summed E-state index contributed by atoms with van der Waals surface area (Å²) in [5.41, 5.74) is 2.69. The summed E-state index contributed by atoms with van der Waals surface area (Å²) in [5, 5.41) is 6.84. The van der Waals surface area contributed by atoms with Gasteiger partial charge < -0.3 is 15.4 Å². The molecule has 0 bridgehead atoms. The second-order valence-electron chi connectivity index (χ2n) is 6.40. The number of aliphatic imine (C=N–C) groups is 1. The van der Waals surface area contributed by atoms with E-state index in [1.807, 2.05) is 7.05 Å². The maximum absolute atomic E-state index is 5.08. The fourth-order valence-electron chi connectivity index (χ4n) is 3.14. The van der Waals surface area contributed by atoms with Gasteiger partial charge in [-0.3, -0.25) is 9.89 Å². The van der Waals surface area contributed by atoms with E-state index in [1.54, 1.807) is 7.11 Å². The van der Waals surface area contributed by atoms with Crippen LogP contribution in [-0.4, -0.2) is 57.8 Å². The number of nitrogens with zero attached hydrogens (tertiary/aromatic N) is 2. The van der Waals surface area contributed by atoms with Crippen LogP contribution in [0.2, 0.25) is 0 Å². The van der Waals surface area contributed by atoms with Crippen molar-refractivity contribution in [3.05, 3.63) is 35.4 Å². The molecule has 2 rings (SSSR count). The molecule has 0 amide bonds. The molecule has 1 fully saturated rings. The molecular formula is C19H33IN4O. The largest absolute Gasteiger partial charge is 0.385 e. The van der Waals surface area contributed by atoms with Crippen LogP contribution < -0.4 is 10.6 Å². The van der Waals surface area contributed by atoms with Gasteiger partial charge in [-0.15, -0.1) is 24.0 Å². The van der Waals surface area contributed by atoms with Gasteiger partial charge in [0.1, 0.15) is 0 Å². The van der Waals surface area contributed by atoms with Gasteiger partial charge in [-0.1, -0.05) is 29.8 Å². The van der Waals surface area contributed by atoms with Crippen molar-refractivity contribution in [2.75, 3.05) is 46.9 Å². The van der Waals surface area contributed by atoms with Gasteiger partial charge >= 0.3 is 0 Å². The third-order valence-electron chi connectivity index (χ3n) is 4.55. The van der Waals surface area contributed by atoms with Gasteiger partial charge in [-0.25, -0.2) is 0 Å². The zero-order chi connectivity index (χ0) is 17.2. The van der Waals surface area contributed by atoms with Crippen LogP contribution in [0.15, 0.2) is 29.3 Å². The molecule has 1 aliphatic heterocycles. The van der Waals surface area contributed by atoms with Crippen molar-refractivity contribution in [1.82, 2.24) is 15.5 Å². The molecule has 1 unspecified atom stereocenters. The number of benzene rings is 1. The molecule has 0 spiro atoms. The normalized spacial score (nSPS) is 16.4. The first-order valence-corrected chi connectivity index (χ1v) is 8.98. The van der Waals surface area contributed by atoms with E-state index in [9.17, 15) is 0 Å². The minimum Gasteiger partial charge on any atom is -0.385 e. The molecule has 1 aromatic carbocycles. The van der Waals surface area contributed by atoms with Gasteiger partial charge in [-0.2, -0.15) is 0 Å². The van der Waals surface area contributed by atoms with E-state index in [0.717, 1.165) is 32.1 Å². The van der Waals surface area contributed by atoms with Crippen molar-refractivity contribution < 1.29 is 4.74 Å². The molecule has 5 nitrogen and oxygen atoms in total. The van der Waals surface area contributed by atoms with Crippen LogP contribution in [0.4, 0.5) is 0 Å². The molecule has 0 radical (unpaired) electrons. The quantitative estimate of drug-likeness (QED) is 0.271. The van der Waals surface area contributed by atoms with Gasteiger partial charge in [0, 0.05) is 33.9 Å². The van der Waals surface area contributed by atoms with E-state index in [4.69, 9.17) is 4.74 Å². The Hall–Kier alpha value is -0.860. The van der Waals surface area contributed by atoms with Crippen molar-refractivity contribution in [3.8, 4) is 0 Å². The van der Waals surface area contributed by atoms with Gasteiger partial charge in [0.15, 0.2) is 5.96 Å². The summed E-state index contributed by atoms with van der Waals surface area (Å²) < 4.78 is 5.08. The lowest BCUT2D eigenvalue weighted by molar-refractivity contribution is 0.195. The van der Waals surface area contributed by atoms with Crippen molar-refractivity contribution in [2.24, 2.45) is 4.99 Å². The van der Waals surface area contributed by atoms with Gasteiger partial charge in [0.2, 0.25) is 0 Å². The number of halogens is 1. The van der Waals surface area contributed by atoms with E-state index in [1.165, 1.54) is 37.1 Å². The van der Waals surface area contributed by atoms with E-state index >= 15 is 0 Å². The Morgan fingerprint density at radius 2 is 1.88 bits per heavy atom. The van der Waals surface area contributed by atoms with Crippen LogP contribution in [0.1, 0.15) is 36.4 Å². The predicted octanol–water partition coefficient (Wildman–Crippen LogP) is 2.95. The molecule has 6 heteroatoms. The average Bonchev–Trinajstić information content (AvgIpc) is 3.13. The molecule has 1 atom stereocenters. The van der Waals surface area contributed by atoms with Gasteiger partial charge in [0.25, 0.3) is 0 Å². The summed E-state index contributed by atoms with van der Waals surface area (Å²) in [5.74, 6) is 0.863. The summed E-state index contributed by atoms with van der Waals surface area (Å²) in [6.45, 7) is 7.00.